The van der Waals surface area contributed by atoms with E-state index in [0.29, 0.717) is 42.9 Å². The van der Waals surface area contributed by atoms with Crippen LogP contribution in [0.25, 0.3) is 0 Å². The number of para-hydroxylation sites is 4. The predicted molar refractivity (Wildman–Crippen MR) is 147 cm³/mol. The Kier molecular flexibility index (Phi) is 8.07. The number of hydrogen-bond acceptors (Lipinski definition) is 6. The summed E-state index contributed by atoms with van der Waals surface area (Å²) in [4.78, 5) is 2.17. The van der Waals surface area contributed by atoms with E-state index in [1.807, 2.05) is 66.4 Å². The first-order valence-corrected chi connectivity index (χ1v) is 14.6. The molecule has 0 bridgehead atoms. The number of hydrogen-bond donors (Lipinski definition) is 2. The molecule has 7 nitrogen and oxygen atoms in total. The Hall–Kier alpha value is -3.54. The van der Waals surface area contributed by atoms with Crippen molar-refractivity contribution >= 4 is 21.3 Å². The largest absolute Gasteiger partial charge is 0.573 e. The van der Waals surface area contributed by atoms with Crippen molar-refractivity contribution in [1.29, 1.82) is 0 Å². The molecule has 0 saturated carbocycles. The van der Waals surface area contributed by atoms with Crippen molar-refractivity contribution in [2.24, 2.45) is 4.36 Å². The zero-order valence-corrected chi connectivity index (χ0v) is 22.6. The summed E-state index contributed by atoms with van der Waals surface area (Å²) >= 11 is 0. The number of ether oxygens (including phenoxy) is 2. The van der Waals surface area contributed by atoms with E-state index in [2.05, 4.69) is 13.8 Å². The van der Waals surface area contributed by atoms with Crippen LogP contribution in [0, 0.1) is 0 Å². The van der Waals surface area contributed by atoms with Crippen molar-refractivity contribution in [3.8, 4) is 17.2 Å². The minimum Gasteiger partial charge on any atom is -0.453 e. The number of allylic oxidation sites excluding steroid dienone is 1. The number of benzene rings is 3. The summed E-state index contributed by atoms with van der Waals surface area (Å²) in [6.45, 7) is 2.15. The van der Waals surface area contributed by atoms with E-state index in [1.165, 1.54) is 12.1 Å². The fraction of sp³-hybridized carbons (Fsp3) is 0.310. The highest BCUT2D eigenvalue weighted by Crippen LogP contribution is 2.49. The molecule has 1 unspecified atom stereocenters. The molecule has 2 aliphatic rings. The third-order valence-electron chi connectivity index (χ3n) is 6.63. The SMILES string of the molecule is CCCN=S(=O)(N[C@@H]1CCCC=C(N2c3ccccc3Oc3ccccc32)[C@H]1O)c1ccc(OC(F)(F)F)cc1. The molecule has 0 amide bonds. The number of nitrogens with one attached hydrogen (secondary N) is 1. The van der Waals surface area contributed by atoms with Crippen molar-refractivity contribution in [2.75, 3.05) is 11.4 Å². The normalized spacial score (nSPS) is 20.2. The van der Waals surface area contributed by atoms with Crippen LogP contribution in [0.15, 0.2) is 93.8 Å². The molecule has 0 saturated heterocycles. The van der Waals surface area contributed by atoms with E-state index in [4.69, 9.17) is 4.74 Å². The second-order valence-electron chi connectivity index (χ2n) is 9.50. The van der Waals surface area contributed by atoms with Gasteiger partial charge in [-0.15, -0.1) is 13.2 Å². The lowest BCUT2D eigenvalue weighted by atomic mass is 10.0. The molecule has 1 aliphatic carbocycles. The number of nitrogens with zero attached hydrogens (tertiary/aromatic N) is 2. The summed E-state index contributed by atoms with van der Waals surface area (Å²) < 4.78 is 69.8. The van der Waals surface area contributed by atoms with E-state index >= 15 is 0 Å². The monoisotopic (exact) mass is 573 g/mol. The lowest BCUT2D eigenvalue weighted by Crippen LogP contribution is -2.46. The highest BCUT2D eigenvalue weighted by atomic mass is 32.2. The molecule has 0 spiro atoms. The predicted octanol–water partition coefficient (Wildman–Crippen LogP) is 7.07. The van der Waals surface area contributed by atoms with Crippen LogP contribution in [0.2, 0.25) is 0 Å². The fourth-order valence-electron chi connectivity index (χ4n) is 4.83. The number of fused-ring (bicyclic) bond motifs is 2. The number of rotatable bonds is 7. The molecule has 2 N–H and O–H groups in total. The van der Waals surface area contributed by atoms with Gasteiger partial charge in [0.1, 0.15) is 21.8 Å². The second-order valence-corrected chi connectivity index (χ2v) is 11.5. The summed E-state index contributed by atoms with van der Waals surface area (Å²) in [7, 11) is -3.31. The fourth-order valence-corrected chi connectivity index (χ4v) is 6.79. The first-order valence-electron chi connectivity index (χ1n) is 13.1. The molecule has 11 heteroatoms. The van der Waals surface area contributed by atoms with Gasteiger partial charge in [0.05, 0.1) is 22.3 Å². The van der Waals surface area contributed by atoms with Gasteiger partial charge in [0.15, 0.2) is 11.5 Å². The number of aliphatic hydroxyl groups is 1. The van der Waals surface area contributed by atoms with E-state index in [1.54, 1.807) is 0 Å². The molecular formula is C29H30F3N3O4S. The number of halogens is 3. The van der Waals surface area contributed by atoms with Gasteiger partial charge in [-0.25, -0.2) is 13.3 Å². The number of anilines is 2. The third-order valence-corrected chi connectivity index (χ3v) is 8.71. The van der Waals surface area contributed by atoms with E-state index in [9.17, 15) is 22.5 Å². The van der Waals surface area contributed by atoms with Gasteiger partial charge in [-0.1, -0.05) is 37.3 Å². The van der Waals surface area contributed by atoms with Crippen LogP contribution in [0.5, 0.6) is 17.2 Å². The summed E-state index contributed by atoms with van der Waals surface area (Å²) in [5.74, 6) is 0.870. The van der Waals surface area contributed by atoms with Crippen molar-refractivity contribution < 1.29 is 32.0 Å². The van der Waals surface area contributed by atoms with Crippen molar-refractivity contribution in [3.63, 3.8) is 0 Å². The van der Waals surface area contributed by atoms with E-state index in [-0.39, 0.29) is 11.4 Å². The Morgan fingerprint density at radius 1 is 1.05 bits per heavy atom. The molecular weight excluding hydrogens is 543 g/mol. The minimum atomic E-state index is -4.84. The first-order chi connectivity index (χ1) is 19.2. The van der Waals surface area contributed by atoms with Gasteiger partial charge in [-0.05, 0) is 74.2 Å². The van der Waals surface area contributed by atoms with Crippen molar-refractivity contribution in [1.82, 2.24) is 4.72 Å². The lowest BCUT2D eigenvalue weighted by Gasteiger charge is -2.37. The molecule has 3 aromatic rings. The maximum absolute atomic E-state index is 14.2. The summed E-state index contributed by atoms with van der Waals surface area (Å²) in [5, 5.41) is 11.8. The molecule has 1 aliphatic heterocycles. The van der Waals surface area contributed by atoms with Gasteiger partial charge in [0, 0.05) is 12.2 Å². The maximum atomic E-state index is 14.2. The molecule has 5 rings (SSSR count). The molecule has 1 heterocycles. The number of alkyl halides is 3. The van der Waals surface area contributed by atoms with Gasteiger partial charge >= 0.3 is 6.36 Å². The van der Waals surface area contributed by atoms with Crippen LogP contribution in [0.4, 0.5) is 24.5 Å². The van der Waals surface area contributed by atoms with Gasteiger partial charge < -0.3 is 19.5 Å². The first kappa shape index (κ1) is 28.0. The van der Waals surface area contributed by atoms with Crippen molar-refractivity contribution in [3.05, 3.63) is 84.6 Å². The smallest absolute Gasteiger partial charge is 0.453 e. The summed E-state index contributed by atoms with van der Waals surface area (Å²) in [6.07, 6.45) is -1.41. The van der Waals surface area contributed by atoms with Crippen LogP contribution < -0.4 is 19.1 Å². The quantitative estimate of drug-likeness (QED) is 0.316. The van der Waals surface area contributed by atoms with Crippen molar-refractivity contribution in [2.45, 2.75) is 56.0 Å². The zero-order chi connectivity index (χ0) is 28.3. The average molecular weight is 574 g/mol. The van der Waals surface area contributed by atoms with Crippen LogP contribution in [0.3, 0.4) is 0 Å². The summed E-state index contributed by atoms with van der Waals surface area (Å²) in [5.41, 5.74) is 2.15. The Balaban J connectivity index is 1.49. The average Bonchev–Trinajstić information content (AvgIpc) is 3.11. The standard InChI is InChI=1S/C29H30F3N3O4S/c1-2-19-33-40(37,21-17-15-20(16-18-21)39-29(30,31)32)34-22-9-3-4-12-25(28(22)36)35-23-10-5-7-13-26(23)38-27-14-8-6-11-24(27)35/h5-8,10-18,22,28,36H,2-4,9,19H2,1H3,(H,33,34,37)/t22-,28+,40?/m1/s1. The van der Waals surface area contributed by atoms with Crippen LogP contribution in [0.1, 0.15) is 32.6 Å². The lowest BCUT2D eigenvalue weighted by molar-refractivity contribution is -0.274. The van der Waals surface area contributed by atoms with Gasteiger partial charge in [0.25, 0.3) is 0 Å². The molecule has 3 atom stereocenters. The minimum absolute atomic E-state index is 0.208. The van der Waals surface area contributed by atoms with E-state index < -0.39 is 34.2 Å². The molecule has 0 aromatic heterocycles. The Bertz CT molecular complexity index is 1460. The second kappa shape index (κ2) is 11.5. The highest BCUT2D eigenvalue weighted by molar-refractivity contribution is 7.91. The maximum Gasteiger partial charge on any atom is 0.573 e. The van der Waals surface area contributed by atoms with Crippen LogP contribution in [-0.4, -0.2) is 34.4 Å². The molecule has 0 radical (unpaired) electrons. The Morgan fingerprint density at radius 2 is 1.68 bits per heavy atom. The van der Waals surface area contributed by atoms with Gasteiger partial charge in [-0.3, -0.25) is 0 Å². The zero-order valence-electron chi connectivity index (χ0n) is 21.8. The Morgan fingerprint density at radius 3 is 2.27 bits per heavy atom. The molecule has 0 fully saturated rings. The van der Waals surface area contributed by atoms with Gasteiger partial charge in [-0.2, -0.15) is 0 Å². The topological polar surface area (TPSA) is 83.4 Å². The molecule has 212 valence electrons. The number of aliphatic hydroxyl groups excluding tert-OH is 1. The van der Waals surface area contributed by atoms with Crippen LogP contribution >= 0.6 is 0 Å². The summed E-state index contributed by atoms with van der Waals surface area (Å²) in [6, 6.07) is 19.3. The molecule has 40 heavy (non-hydrogen) atoms. The Labute approximate surface area is 231 Å². The van der Waals surface area contributed by atoms with Gasteiger partial charge in [0.2, 0.25) is 0 Å². The third kappa shape index (κ3) is 5.96. The van der Waals surface area contributed by atoms with E-state index in [0.717, 1.165) is 23.5 Å². The van der Waals surface area contributed by atoms with Crippen LogP contribution in [-0.2, 0) is 9.92 Å². The highest BCUT2D eigenvalue weighted by Gasteiger charge is 2.36. The molecule has 3 aromatic carbocycles.